The van der Waals surface area contributed by atoms with Crippen molar-refractivity contribution in [1.82, 2.24) is 0 Å². The lowest BCUT2D eigenvalue weighted by molar-refractivity contribution is 0.104. The van der Waals surface area contributed by atoms with Crippen LogP contribution in [0.4, 0.5) is 0 Å². The lowest BCUT2D eigenvalue weighted by Gasteiger charge is -2.09. The summed E-state index contributed by atoms with van der Waals surface area (Å²) >= 11 is 0. The van der Waals surface area contributed by atoms with Crippen molar-refractivity contribution in [3.63, 3.8) is 0 Å². The van der Waals surface area contributed by atoms with E-state index in [1.54, 1.807) is 18.2 Å². The van der Waals surface area contributed by atoms with Crippen LogP contribution in [0.15, 0.2) is 35.9 Å². The highest BCUT2D eigenvalue weighted by molar-refractivity contribution is 6.04. The van der Waals surface area contributed by atoms with Gasteiger partial charge in [0, 0.05) is 5.56 Å². The van der Waals surface area contributed by atoms with E-state index in [0.29, 0.717) is 5.56 Å². The van der Waals surface area contributed by atoms with Crippen LogP contribution in [0, 0.1) is 0 Å². The van der Waals surface area contributed by atoms with Crippen molar-refractivity contribution in [2.45, 2.75) is 33.8 Å². The number of allylic oxidation sites excluding steroid dienone is 2. The number of ether oxygens (including phenoxy) is 1. The first-order valence-corrected chi connectivity index (χ1v) is 5.45. The highest BCUT2D eigenvalue weighted by Crippen LogP contribution is 2.14. The summed E-state index contributed by atoms with van der Waals surface area (Å²) in [5.74, 6) is 0.833. The van der Waals surface area contributed by atoms with E-state index in [1.165, 1.54) is 0 Å². The van der Waals surface area contributed by atoms with E-state index >= 15 is 0 Å². The van der Waals surface area contributed by atoms with Gasteiger partial charge in [-0.15, -0.1) is 0 Å². The third-order valence-electron chi connectivity index (χ3n) is 1.93. The predicted octanol–water partition coefficient (Wildman–Crippen LogP) is 3.62. The van der Waals surface area contributed by atoms with Crippen LogP contribution < -0.4 is 4.74 Å². The SMILES string of the molecule is CC(C)=CC(=O)c1ccc(OC(C)C)cc1. The molecule has 1 aromatic rings. The summed E-state index contributed by atoms with van der Waals surface area (Å²) < 4.78 is 5.50. The molecule has 2 nitrogen and oxygen atoms in total. The van der Waals surface area contributed by atoms with Gasteiger partial charge in [-0.25, -0.2) is 0 Å². The Kier molecular flexibility index (Phi) is 4.29. The minimum Gasteiger partial charge on any atom is -0.491 e. The van der Waals surface area contributed by atoms with Gasteiger partial charge in [0.1, 0.15) is 5.75 Å². The molecule has 86 valence electrons. The molecule has 0 aromatic heterocycles. The third kappa shape index (κ3) is 3.89. The smallest absolute Gasteiger partial charge is 0.185 e. The van der Waals surface area contributed by atoms with Crippen LogP contribution in [0.5, 0.6) is 5.75 Å². The summed E-state index contributed by atoms with van der Waals surface area (Å²) in [6.07, 6.45) is 1.79. The Morgan fingerprint density at radius 2 is 1.75 bits per heavy atom. The number of hydrogen-bond donors (Lipinski definition) is 0. The van der Waals surface area contributed by atoms with E-state index in [2.05, 4.69) is 0 Å². The number of ketones is 1. The van der Waals surface area contributed by atoms with Gasteiger partial charge in [0.25, 0.3) is 0 Å². The Hall–Kier alpha value is -1.57. The van der Waals surface area contributed by atoms with Crippen LogP contribution in [0.2, 0.25) is 0 Å². The lowest BCUT2D eigenvalue weighted by Crippen LogP contribution is -2.05. The molecular formula is C14H18O2. The van der Waals surface area contributed by atoms with Gasteiger partial charge in [0.15, 0.2) is 5.78 Å². The lowest BCUT2D eigenvalue weighted by atomic mass is 10.1. The molecule has 0 amide bonds. The average Bonchev–Trinajstić information content (AvgIpc) is 2.16. The molecule has 0 bridgehead atoms. The standard InChI is InChI=1S/C14H18O2/c1-10(2)9-14(15)12-5-7-13(8-6-12)16-11(3)4/h5-9,11H,1-4H3. The average molecular weight is 218 g/mol. The molecule has 0 heterocycles. The predicted molar refractivity (Wildman–Crippen MR) is 66.0 cm³/mol. The number of hydrogen-bond acceptors (Lipinski definition) is 2. The van der Waals surface area contributed by atoms with Crippen LogP contribution in [0.1, 0.15) is 38.1 Å². The Labute approximate surface area is 96.9 Å². The summed E-state index contributed by atoms with van der Waals surface area (Å²) in [5.41, 5.74) is 1.70. The van der Waals surface area contributed by atoms with Crippen LogP contribution in [-0.2, 0) is 0 Å². The van der Waals surface area contributed by atoms with E-state index in [9.17, 15) is 4.79 Å². The fraction of sp³-hybridized carbons (Fsp3) is 0.357. The van der Waals surface area contributed by atoms with Crippen molar-refractivity contribution in [3.8, 4) is 5.75 Å². The zero-order chi connectivity index (χ0) is 12.1. The molecule has 0 N–H and O–H groups in total. The van der Waals surface area contributed by atoms with Crippen molar-refractivity contribution in [1.29, 1.82) is 0 Å². The zero-order valence-corrected chi connectivity index (χ0v) is 10.3. The molecule has 0 spiro atoms. The maximum atomic E-state index is 11.7. The summed E-state index contributed by atoms with van der Waals surface area (Å²) in [5, 5.41) is 0. The van der Waals surface area contributed by atoms with Crippen molar-refractivity contribution in [2.75, 3.05) is 0 Å². The van der Waals surface area contributed by atoms with Gasteiger partial charge in [0.05, 0.1) is 6.10 Å². The van der Waals surface area contributed by atoms with Crippen molar-refractivity contribution in [3.05, 3.63) is 41.5 Å². The molecule has 1 aromatic carbocycles. The van der Waals surface area contributed by atoms with E-state index in [1.807, 2.05) is 39.8 Å². The van der Waals surface area contributed by atoms with Gasteiger partial charge >= 0.3 is 0 Å². The molecule has 0 unspecified atom stereocenters. The Morgan fingerprint density at radius 1 is 1.19 bits per heavy atom. The number of benzene rings is 1. The normalized spacial score (nSPS) is 10.1. The molecule has 0 radical (unpaired) electrons. The first kappa shape index (κ1) is 12.5. The molecule has 0 saturated carbocycles. The van der Waals surface area contributed by atoms with Crippen LogP contribution in [0.3, 0.4) is 0 Å². The molecule has 1 rings (SSSR count). The molecule has 0 aliphatic heterocycles. The van der Waals surface area contributed by atoms with Crippen LogP contribution in [0.25, 0.3) is 0 Å². The van der Waals surface area contributed by atoms with Crippen molar-refractivity contribution >= 4 is 5.78 Å². The quantitative estimate of drug-likeness (QED) is 0.570. The highest BCUT2D eigenvalue weighted by Gasteiger charge is 2.03. The van der Waals surface area contributed by atoms with E-state index in [0.717, 1.165) is 11.3 Å². The number of carbonyl (C=O) groups excluding carboxylic acids is 1. The largest absolute Gasteiger partial charge is 0.491 e. The zero-order valence-electron chi connectivity index (χ0n) is 10.3. The molecule has 0 atom stereocenters. The monoisotopic (exact) mass is 218 g/mol. The van der Waals surface area contributed by atoms with Gasteiger partial charge in [-0.2, -0.15) is 0 Å². The fourth-order valence-electron chi connectivity index (χ4n) is 1.32. The summed E-state index contributed by atoms with van der Waals surface area (Å²) in [4.78, 5) is 11.7. The molecule has 2 heteroatoms. The van der Waals surface area contributed by atoms with E-state index in [-0.39, 0.29) is 11.9 Å². The second kappa shape index (κ2) is 5.50. The maximum Gasteiger partial charge on any atom is 0.185 e. The number of rotatable bonds is 4. The minimum atomic E-state index is 0.0381. The van der Waals surface area contributed by atoms with Gasteiger partial charge in [-0.1, -0.05) is 5.57 Å². The molecule has 16 heavy (non-hydrogen) atoms. The molecule has 0 fully saturated rings. The summed E-state index contributed by atoms with van der Waals surface area (Å²) in [6, 6.07) is 7.23. The third-order valence-corrected chi connectivity index (χ3v) is 1.93. The highest BCUT2D eigenvalue weighted by atomic mass is 16.5. The van der Waals surface area contributed by atoms with Gasteiger partial charge in [0.2, 0.25) is 0 Å². The van der Waals surface area contributed by atoms with Crippen molar-refractivity contribution < 1.29 is 9.53 Å². The summed E-state index contributed by atoms with van der Waals surface area (Å²) in [7, 11) is 0. The summed E-state index contributed by atoms with van der Waals surface area (Å²) in [6.45, 7) is 7.77. The Balaban J connectivity index is 2.79. The molecular weight excluding hydrogens is 200 g/mol. The second-order valence-corrected chi connectivity index (χ2v) is 4.28. The van der Waals surface area contributed by atoms with Gasteiger partial charge in [-0.3, -0.25) is 4.79 Å². The Bertz CT molecular complexity index is 382. The number of carbonyl (C=O) groups is 1. The Morgan fingerprint density at radius 3 is 2.19 bits per heavy atom. The van der Waals surface area contributed by atoms with Gasteiger partial charge in [-0.05, 0) is 58.0 Å². The molecule has 0 aliphatic carbocycles. The topological polar surface area (TPSA) is 26.3 Å². The van der Waals surface area contributed by atoms with Crippen LogP contribution in [-0.4, -0.2) is 11.9 Å². The van der Waals surface area contributed by atoms with Crippen molar-refractivity contribution in [2.24, 2.45) is 0 Å². The minimum absolute atomic E-state index is 0.0381. The fourth-order valence-corrected chi connectivity index (χ4v) is 1.32. The van der Waals surface area contributed by atoms with Crippen LogP contribution >= 0.6 is 0 Å². The van der Waals surface area contributed by atoms with E-state index < -0.39 is 0 Å². The second-order valence-electron chi connectivity index (χ2n) is 4.28. The molecule has 0 saturated heterocycles. The first-order valence-electron chi connectivity index (χ1n) is 5.45. The first-order chi connectivity index (χ1) is 7.49. The van der Waals surface area contributed by atoms with E-state index in [4.69, 9.17) is 4.74 Å². The molecule has 0 aliphatic rings. The maximum absolute atomic E-state index is 11.7. The van der Waals surface area contributed by atoms with Gasteiger partial charge < -0.3 is 4.74 Å².